The molecule has 0 saturated carbocycles. The van der Waals surface area contributed by atoms with Gasteiger partial charge in [0.1, 0.15) is 6.61 Å². The summed E-state index contributed by atoms with van der Waals surface area (Å²) in [7, 11) is -1.91. The van der Waals surface area contributed by atoms with Crippen molar-refractivity contribution < 1.29 is 17.9 Å². The summed E-state index contributed by atoms with van der Waals surface area (Å²) in [6.45, 7) is 6.66. The van der Waals surface area contributed by atoms with Crippen molar-refractivity contribution in [1.82, 2.24) is 18.8 Å². The number of aryl methyl sites for hydroxylation is 1. The minimum atomic E-state index is -3.64. The van der Waals surface area contributed by atoms with Crippen LogP contribution in [-0.2, 0) is 21.8 Å². The first kappa shape index (κ1) is 20.8. The van der Waals surface area contributed by atoms with Crippen LogP contribution >= 0.6 is 15.9 Å². The van der Waals surface area contributed by atoms with Gasteiger partial charge in [-0.2, -0.15) is 4.31 Å². The maximum absolute atomic E-state index is 12.7. The van der Waals surface area contributed by atoms with E-state index in [4.69, 9.17) is 4.74 Å². The van der Waals surface area contributed by atoms with E-state index in [0.29, 0.717) is 37.2 Å². The van der Waals surface area contributed by atoms with Gasteiger partial charge in [-0.25, -0.2) is 18.2 Å². The van der Waals surface area contributed by atoms with Crippen molar-refractivity contribution in [3.8, 4) is 0 Å². The molecule has 3 heterocycles. The zero-order valence-corrected chi connectivity index (χ0v) is 18.2. The van der Waals surface area contributed by atoms with E-state index in [1.54, 1.807) is 16.5 Å². The SMILES string of the molecule is C=C1COC(=O)N(C2CCN(S(=O)(=O)c3cn(C)cn3)CC2)/C1=C/C=C(\C)Br. The van der Waals surface area contributed by atoms with Crippen LogP contribution in [0.4, 0.5) is 4.79 Å². The molecule has 10 heteroatoms. The Morgan fingerprint density at radius 2 is 2.07 bits per heavy atom. The molecule has 2 saturated heterocycles. The fourth-order valence-electron chi connectivity index (χ4n) is 3.29. The van der Waals surface area contributed by atoms with Crippen LogP contribution in [0.1, 0.15) is 19.8 Å². The summed E-state index contributed by atoms with van der Waals surface area (Å²) < 4.78 is 34.7. The molecule has 3 rings (SSSR count). The van der Waals surface area contributed by atoms with Crippen molar-refractivity contribution in [2.75, 3.05) is 19.7 Å². The molecule has 0 radical (unpaired) electrons. The second-order valence-corrected chi connectivity index (χ2v) is 9.98. The fraction of sp³-hybridized carbons (Fsp3) is 0.444. The minimum Gasteiger partial charge on any atom is -0.444 e. The third-order valence-corrected chi connectivity index (χ3v) is 6.78. The number of amides is 1. The summed E-state index contributed by atoms with van der Waals surface area (Å²) in [6, 6.07) is -0.157. The molecule has 0 N–H and O–H groups in total. The van der Waals surface area contributed by atoms with Gasteiger partial charge < -0.3 is 9.30 Å². The number of allylic oxidation sites excluding steroid dienone is 3. The van der Waals surface area contributed by atoms with Crippen molar-refractivity contribution in [2.24, 2.45) is 7.05 Å². The number of piperidine rings is 1. The van der Waals surface area contributed by atoms with E-state index in [9.17, 15) is 13.2 Å². The van der Waals surface area contributed by atoms with E-state index < -0.39 is 16.1 Å². The second-order valence-electron chi connectivity index (χ2n) is 6.85. The van der Waals surface area contributed by atoms with Gasteiger partial charge in [-0.05, 0) is 30.3 Å². The van der Waals surface area contributed by atoms with Gasteiger partial charge in [-0.15, -0.1) is 0 Å². The molecule has 0 spiro atoms. The van der Waals surface area contributed by atoms with E-state index in [2.05, 4.69) is 27.5 Å². The molecule has 1 aromatic heterocycles. The van der Waals surface area contributed by atoms with Gasteiger partial charge in [0.2, 0.25) is 0 Å². The predicted octanol–water partition coefficient (Wildman–Crippen LogP) is 2.76. The van der Waals surface area contributed by atoms with Crippen LogP contribution in [0.3, 0.4) is 0 Å². The van der Waals surface area contributed by atoms with Gasteiger partial charge in [0.25, 0.3) is 10.0 Å². The van der Waals surface area contributed by atoms with Gasteiger partial charge in [0, 0.05) is 37.9 Å². The highest BCUT2D eigenvalue weighted by molar-refractivity contribution is 9.11. The topological polar surface area (TPSA) is 84.7 Å². The number of hydrogen-bond acceptors (Lipinski definition) is 5. The van der Waals surface area contributed by atoms with E-state index in [1.165, 1.54) is 16.8 Å². The molecule has 2 fully saturated rings. The number of ether oxygens (including phenoxy) is 1. The Kier molecular flexibility index (Phi) is 6.11. The molecule has 1 aromatic rings. The predicted molar refractivity (Wildman–Crippen MR) is 108 cm³/mol. The Morgan fingerprint density at radius 3 is 2.64 bits per heavy atom. The molecule has 2 aliphatic rings. The Hall–Kier alpha value is -1.91. The summed E-state index contributed by atoms with van der Waals surface area (Å²) in [6.07, 6.45) is 7.22. The number of carbonyl (C=O) groups is 1. The van der Waals surface area contributed by atoms with Gasteiger partial charge in [-0.3, -0.25) is 4.90 Å². The highest BCUT2D eigenvalue weighted by Gasteiger charge is 2.38. The number of aromatic nitrogens is 2. The molecule has 8 nitrogen and oxygen atoms in total. The molecular formula is C18H23BrN4O4S. The largest absolute Gasteiger partial charge is 0.444 e. The number of cyclic esters (lactones) is 1. The van der Waals surface area contributed by atoms with Gasteiger partial charge in [-0.1, -0.05) is 28.6 Å². The minimum absolute atomic E-state index is 0.0396. The average Bonchev–Trinajstić information content (AvgIpc) is 3.09. The Balaban J connectivity index is 1.77. The monoisotopic (exact) mass is 470 g/mol. The van der Waals surface area contributed by atoms with E-state index in [1.807, 2.05) is 19.1 Å². The maximum Gasteiger partial charge on any atom is 0.414 e. The number of imidazole rings is 1. The van der Waals surface area contributed by atoms with E-state index in [0.717, 1.165) is 4.48 Å². The van der Waals surface area contributed by atoms with Crippen LogP contribution in [-0.4, -0.2) is 59.0 Å². The molecular weight excluding hydrogens is 448 g/mol. The molecule has 0 aromatic carbocycles. The summed E-state index contributed by atoms with van der Waals surface area (Å²) >= 11 is 3.38. The van der Waals surface area contributed by atoms with Crippen molar-refractivity contribution in [3.63, 3.8) is 0 Å². The van der Waals surface area contributed by atoms with Gasteiger partial charge in [0.15, 0.2) is 5.03 Å². The molecule has 1 amide bonds. The molecule has 0 aliphatic carbocycles. The third kappa shape index (κ3) is 4.23. The standard InChI is InChI=1S/C18H23BrN4O4S/c1-13-11-27-18(24)23(16(13)5-4-14(2)19)15-6-8-22(9-7-15)28(25,26)17-10-21(3)12-20-17/h4-5,10,12,15H,1,6-9,11H2,2-3H3/b14-4+,16-5+. The molecule has 152 valence electrons. The maximum atomic E-state index is 12.7. The lowest BCUT2D eigenvalue weighted by atomic mass is 10.0. The summed E-state index contributed by atoms with van der Waals surface area (Å²) in [4.78, 5) is 18.0. The number of hydrogen-bond donors (Lipinski definition) is 0. The Bertz CT molecular complexity index is 939. The highest BCUT2D eigenvalue weighted by atomic mass is 79.9. The van der Waals surface area contributed by atoms with Crippen molar-refractivity contribution in [3.05, 3.63) is 47.0 Å². The molecule has 2 aliphatic heterocycles. The van der Waals surface area contributed by atoms with Crippen LogP contribution in [0.5, 0.6) is 0 Å². The lowest BCUT2D eigenvalue weighted by Crippen LogP contribution is -2.50. The van der Waals surface area contributed by atoms with Crippen LogP contribution < -0.4 is 0 Å². The smallest absolute Gasteiger partial charge is 0.414 e. The number of sulfonamides is 1. The summed E-state index contributed by atoms with van der Waals surface area (Å²) in [5.41, 5.74) is 1.43. The Labute approximate surface area is 173 Å². The fourth-order valence-corrected chi connectivity index (χ4v) is 4.86. The number of halogens is 1. The molecule has 0 bridgehead atoms. The third-order valence-electron chi connectivity index (χ3n) is 4.73. The van der Waals surface area contributed by atoms with Crippen LogP contribution in [0.15, 0.2) is 52.0 Å². The molecule has 0 atom stereocenters. The zero-order chi connectivity index (χ0) is 20.5. The first-order valence-corrected chi connectivity index (χ1v) is 11.1. The zero-order valence-electron chi connectivity index (χ0n) is 15.8. The van der Waals surface area contributed by atoms with Crippen molar-refractivity contribution >= 4 is 32.0 Å². The van der Waals surface area contributed by atoms with Crippen LogP contribution in [0.25, 0.3) is 0 Å². The van der Waals surface area contributed by atoms with Crippen molar-refractivity contribution in [1.29, 1.82) is 0 Å². The number of carbonyl (C=O) groups excluding carboxylic acids is 1. The normalized spacial score (nSPS) is 22.0. The number of rotatable bonds is 4. The van der Waals surface area contributed by atoms with Crippen molar-refractivity contribution in [2.45, 2.75) is 30.8 Å². The Morgan fingerprint density at radius 1 is 1.39 bits per heavy atom. The molecule has 28 heavy (non-hydrogen) atoms. The van der Waals surface area contributed by atoms with E-state index >= 15 is 0 Å². The van der Waals surface area contributed by atoms with Gasteiger partial charge >= 0.3 is 6.09 Å². The molecule has 0 unspecified atom stereocenters. The van der Waals surface area contributed by atoms with Crippen LogP contribution in [0.2, 0.25) is 0 Å². The van der Waals surface area contributed by atoms with Crippen LogP contribution in [0, 0.1) is 0 Å². The lowest BCUT2D eigenvalue weighted by Gasteiger charge is -2.40. The quantitative estimate of drug-likeness (QED) is 0.675. The second kappa shape index (κ2) is 8.22. The average molecular weight is 471 g/mol. The lowest BCUT2D eigenvalue weighted by molar-refractivity contribution is 0.0821. The summed E-state index contributed by atoms with van der Waals surface area (Å²) in [5, 5.41) is 0.0396. The highest BCUT2D eigenvalue weighted by Crippen LogP contribution is 2.30. The first-order chi connectivity index (χ1) is 13.2. The van der Waals surface area contributed by atoms with Gasteiger partial charge in [0.05, 0.1) is 12.0 Å². The first-order valence-electron chi connectivity index (χ1n) is 8.86. The number of nitrogens with zero attached hydrogens (tertiary/aromatic N) is 4. The summed E-state index contributed by atoms with van der Waals surface area (Å²) in [5.74, 6) is 0. The van der Waals surface area contributed by atoms with E-state index in [-0.39, 0.29) is 17.7 Å².